The molecule has 0 rings (SSSR count). The summed E-state index contributed by atoms with van der Waals surface area (Å²) in [6, 6.07) is 0. The third kappa shape index (κ3) is 51.9. The number of hydrogen-bond donors (Lipinski definition) is 0. The van der Waals surface area contributed by atoms with Crippen molar-refractivity contribution >= 4 is 76.7 Å². The zero-order chi connectivity index (χ0) is 29.8. The summed E-state index contributed by atoms with van der Waals surface area (Å²) in [6.45, 7) is 5.68. The predicted octanol–water partition coefficient (Wildman–Crippen LogP) is 13.0. The molecule has 0 bridgehead atoms. The molecule has 0 aliphatic rings. The summed E-state index contributed by atoms with van der Waals surface area (Å²) < 4.78 is 30.8. The average Bonchev–Trinajstić information content (AvgIpc) is 2.93. The van der Waals surface area contributed by atoms with E-state index < -0.39 is 14.5 Å². The average molecular weight is 681 g/mol. The predicted molar refractivity (Wildman–Crippen MR) is 188 cm³/mol. The standard InChI is InChI=1S/2C16H33O2PS.Ca/c2*1-2-3-4-5-6-7-8-9-10-11-12-13-14-15-16-18-19(17)20;/h2*2-16H2,1H3;/q;;+2. The number of unbranched alkanes of at least 4 members (excludes halogenated alkanes) is 26. The Balaban J connectivity index is -0.000000688. The Morgan fingerprint density at radius 2 is 0.537 bits per heavy atom. The minimum atomic E-state index is -1.81. The molecule has 0 aromatic carbocycles. The van der Waals surface area contributed by atoms with Gasteiger partial charge in [-0.1, -0.05) is 190 Å². The summed E-state index contributed by atoms with van der Waals surface area (Å²) in [7, 11) is -3.62. The van der Waals surface area contributed by atoms with Crippen LogP contribution in [-0.2, 0) is 42.7 Å². The zero-order valence-corrected chi connectivity index (χ0v) is 32.9. The van der Waals surface area contributed by atoms with Gasteiger partial charge in [-0.3, -0.25) is 0 Å². The summed E-state index contributed by atoms with van der Waals surface area (Å²) >= 11 is 8.93. The van der Waals surface area contributed by atoms with Crippen LogP contribution in [0.15, 0.2) is 0 Å². The summed E-state index contributed by atoms with van der Waals surface area (Å²) in [5.41, 5.74) is 0. The van der Waals surface area contributed by atoms with Crippen molar-refractivity contribution in [3.05, 3.63) is 0 Å². The molecule has 41 heavy (non-hydrogen) atoms. The van der Waals surface area contributed by atoms with Gasteiger partial charge in [-0.05, 0) is 12.8 Å². The van der Waals surface area contributed by atoms with Crippen molar-refractivity contribution in [1.82, 2.24) is 0 Å². The summed E-state index contributed by atoms with van der Waals surface area (Å²) in [5.74, 6) is 0. The molecule has 9 heteroatoms. The van der Waals surface area contributed by atoms with Crippen LogP contribution >= 0.6 is 14.5 Å². The van der Waals surface area contributed by atoms with Gasteiger partial charge in [0.25, 0.3) is 0 Å². The maximum atomic E-state index is 10.5. The second kappa shape index (κ2) is 44.2. The fourth-order valence-electron chi connectivity index (χ4n) is 4.87. The smallest absolute Gasteiger partial charge is 0.408 e. The fourth-order valence-corrected chi connectivity index (χ4v) is 5.87. The van der Waals surface area contributed by atoms with Gasteiger partial charge in [0.2, 0.25) is 0 Å². The summed E-state index contributed by atoms with van der Waals surface area (Å²) in [6.07, 6.45) is 37.7. The van der Waals surface area contributed by atoms with Crippen molar-refractivity contribution in [2.75, 3.05) is 13.2 Å². The minimum Gasteiger partial charge on any atom is -0.408 e. The van der Waals surface area contributed by atoms with Crippen LogP contribution in [0.1, 0.15) is 194 Å². The van der Waals surface area contributed by atoms with Crippen LogP contribution in [0.3, 0.4) is 0 Å². The van der Waals surface area contributed by atoms with E-state index in [9.17, 15) is 9.13 Å². The molecule has 2 unspecified atom stereocenters. The normalized spacial score (nSPS) is 11.5. The van der Waals surface area contributed by atoms with Gasteiger partial charge in [0.1, 0.15) is 13.2 Å². The van der Waals surface area contributed by atoms with Crippen molar-refractivity contribution < 1.29 is 18.2 Å². The molecule has 0 saturated carbocycles. The van der Waals surface area contributed by atoms with Crippen molar-refractivity contribution in [2.24, 2.45) is 0 Å². The van der Waals surface area contributed by atoms with Gasteiger partial charge in [0.15, 0.2) is 0 Å². The molecule has 0 aromatic rings. The molecule has 0 radical (unpaired) electrons. The van der Waals surface area contributed by atoms with Crippen LogP contribution in [0.4, 0.5) is 0 Å². The van der Waals surface area contributed by atoms with Gasteiger partial charge in [-0.2, -0.15) is 9.05 Å². The quantitative estimate of drug-likeness (QED) is 0.0305. The second-order valence-electron chi connectivity index (χ2n) is 11.3. The van der Waals surface area contributed by atoms with E-state index in [1.807, 2.05) is 0 Å². The van der Waals surface area contributed by atoms with Crippen molar-refractivity contribution in [2.45, 2.75) is 194 Å². The van der Waals surface area contributed by atoms with Crippen molar-refractivity contribution in [3.8, 4) is 0 Å². The minimum absolute atomic E-state index is 0. The Bertz CT molecular complexity index is 476. The zero-order valence-electron chi connectivity index (χ0n) is 27.3. The molecule has 0 saturated heterocycles. The molecule has 0 fully saturated rings. The van der Waals surface area contributed by atoms with E-state index in [1.165, 1.54) is 167 Å². The summed E-state index contributed by atoms with van der Waals surface area (Å²) in [4.78, 5) is 0. The van der Waals surface area contributed by atoms with Crippen LogP contribution in [0.5, 0.6) is 0 Å². The first-order chi connectivity index (χ1) is 19.5. The maximum absolute atomic E-state index is 10.5. The molecule has 0 spiro atoms. The number of rotatable bonds is 32. The maximum Gasteiger partial charge on any atom is 2.00 e. The molecule has 0 aliphatic heterocycles. The first kappa shape index (κ1) is 47.5. The molecule has 4 nitrogen and oxygen atoms in total. The SMILES string of the molecule is CCCCCCCCCCCCCCCCO[P+](=O)[S-].CCCCCCCCCCCCCCCCO[P+](=O)[S-].[Ca+2]. The van der Waals surface area contributed by atoms with E-state index in [2.05, 4.69) is 38.3 Å². The first-order valence-electron chi connectivity index (χ1n) is 17.1. The van der Waals surface area contributed by atoms with Gasteiger partial charge in [0.05, 0.1) is 0 Å². The molecule has 2 atom stereocenters. The topological polar surface area (TPSA) is 52.6 Å². The van der Waals surface area contributed by atoms with Gasteiger partial charge < -0.3 is 24.5 Å². The fraction of sp³-hybridized carbons (Fsp3) is 1.00. The van der Waals surface area contributed by atoms with Crippen molar-refractivity contribution in [1.29, 1.82) is 0 Å². The molecule has 0 aromatic heterocycles. The van der Waals surface area contributed by atoms with Crippen LogP contribution in [0, 0.1) is 0 Å². The molecule has 0 aliphatic carbocycles. The molecular weight excluding hydrogens is 615 g/mol. The van der Waals surface area contributed by atoms with Crippen LogP contribution in [-0.4, -0.2) is 51.0 Å². The largest absolute Gasteiger partial charge is 2.00 e. The van der Waals surface area contributed by atoms with E-state index in [0.717, 1.165) is 12.8 Å². The molecule has 0 heterocycles. The van der Waals surface area contributed by atoms with Gasteiger partial charge in [0, 0.05) is 0 Å². The molecule has 0 amide bonds. The Morgan fingerprint density at radius 3 is 0.707 bits per heavy atom. The third-order valence-corrected chi connectivity index (χ3v) is 8.81. The van der Waals surface area contributed by atoms with Gasteiger partial charge in [-0.25, -0.2) is 0 Å². The van der Waals surface area contributed by atoms with Crippen LogP contribution in [0.25, 0.3) is 0 Å². The molecule has 0 N–H and O–H groups in total. The monoisotopic (exact) mass is 680 g/mol. The molecular formula is C32H66CaO4P2S2+2. The van der Waals surface area contributed by atoms with E-state index in [4.69, 9.17) is 9.05 Å². The van der Waals surface area contributed by atoms with E-state index >= 15 is 0 Å². The van der Waals surface area contributed by atoms with Gasteiger partial charge in [-0.15, -0.1) is 0 Å². The first-order valence-corrected chi connectivity index (χ1v) is 21.5. The van der Waals surface area contributed by atoms with E-state index in [-0.39, 0.29) is 37.7 Å². The Kier molecular flexibility index (Phi) is 51.2. The molecule has 240 valence electrons. The Hall–Kier alpha value is 2.08. The Morgan fingerprint density at radius 1 is 0.366 bits per heavy atom. The van der Waals surface area contributed by atoms with Gasteiger partial charge >= 0.3 is 52.2 Å². The van der Waals surface area contributed by atoms with Crippen LogP contribution < -0.4 is 0 Å². The second-order valence-corrected chi connectivity index (χ2v) is 14.5. The number of hydrogen-bond acceptors (Lipinski definition) is 6. The summed E-state index contributed by atoms with van der Waals surface area (Å²) in [5, 5.41) is 0. The third-order valence-electron chi connectivity index (χ3n) is 7.39. The Labute approximate surface area is 299 Å². The van der Waals surface area contributed by atoms with Crippen LogP contribution in [0.2, 0.25) is 0 Å². The van der Waals surface area contributed by atoms with E-state index in [0.29, 0.717) is 13.2 Å². The van der Waals surface area contributed by atoms with Crippen molar-refractivity contribution in [3.63, 3.8) is 0 Å². The van der Waals surface area contributed by atoms with E-state index in [1.54, 1.807) is 0 Å².